The normalized spacial score (nSPS) is 24.0. The van der Waals surface area contributed by atoms with Crippen molar-refractivity contribution in [2.24, 2.45) is 12.5 Å². The van der Waals surface area contributed by atoms with E-state index in [1.807, 2.05) is 40.9 Å². The lowest BCUT2D eigenvalue weighted by Crippen LogP contribution is -2.52. The molecule has 6 heteroatoms. The highest BCUT2D eigenvalue weighted by Crippen LogP contribution is 2.25. The van der Waals surface area contributed by atoms with Crippen LogP contribution in [0.4, 0.5) is 0 Å². The molecule has 1 aromatic heterocycles. The van der Waals surface area contributed by atoms with E-state index in [0.29, 0.717) is 13.0 Å². The third kappa shape index (κ3) is 3.43. The molecule has 0 aliphatic carbocycles. The van der Waals surface area contributed by atoms with Crippen LogP contribution in [0, 0.1) is 5.41 Å². The number of aryl methyl sites for hydroxylation is 1. The van der Waals surface area contributed by atoms with Gasteiger partial charge in [0.15, 0.2) is 0 Å². The number of carbonyl (C=O) groups excluding carboxylic acids is 2. The smallest absolute Gasteiger partial charge is 0.246 e. The molecule has 21 heavy (non-hydrogen) atoms. The van der Waals surface area contributed by atoms with Gasteiger partial charge in [-0.25, -0.2) is 0 Å². The van der Waals surface area contributed by atoms with Gasteiger partial charge in [-0.15, -0.1) is 0 Å². The van der Waals surface area contributed by atoms with Gasteiger partial charge in [0.1, 0.15) is 6.04 Å². The van der Waals surface area contributed by atoms with Crippen molar-refractivity contribution < 1.29 is 9.59 Å². The lowest BCUT2D eigenvalue weighted by Gasteiger charge is -2.34. The molecule has 2 heterocycles. The van der Waals surface area contributed by atoms with Gasteiger partial charge in [0.25, 0.3) is 0 Å². The van der Waals surface area contributed by atoms with Crippen LogP contribution in [0.5, 0.6) is 0 Å². The number of nitrogens with one attached hydrogen (secondary N) is 1. The fourth-order valence-electron chi connectivity index (χ4n) is 2.61. The van der Waals surface area contributed by atoms with Gasteiger partial charge in [0.2, 0.25) is 11.8 Å². The lowest BCUT2D eigenvalue weighted by atomic mass is 9.86. The van der Waals surface area contributed by atoms with Crippen molar-refractivity contribution in [3.8, 4) is 0 Å². The molecule has 0 spiro atoms. The predicted octanol–water partition coefficient (Wildman–Crippen LogP) is 1.07. The van der Waals surface area contributed by atoms with Gasteiger partial charge < -0.3 is 10.2 Å². The molecular weight excluding hydrogens is 268 g/mol. The molecule has 0 saturated carbocycles. The van der Waals surface area contributed by atoms with E-state index in [-0.39, 0.29) is 23.3 Å². The van der Waals surface area contributed by atoms with E-state index < -0.39 is 6.04 Å². The predicted molar refractivity (Wildman–Crippen MR) is 79.2 cm³/mol. The molecule has 2 unspecified atom stereocenters. The van der Waals surface area contributed by atoms with Crippen molar-refractivity contribution in [3.05, 3.63) is 18.0 Å². The monoisotopic (exact) mass is 292 g/mol. The zero-order valence-electron chi connectivity index (χ0n) is 13.4. The van der Waals surface area contributed by atoms with Crippen LogP contribution in [-0.2, 0) is 23.2 Å². The summed E-state index contributed by atoms with van der Waals surface area (Å²) in [4.78, 5) is 26.6. The first-order valence-electron chi connectivity index (χ1n) is 7.26. The Labute approximate surface area is 125 Å². The van der Waals surface area contributed by atoms with E-state index in [1.165, 1.54) is 0 Å². The van der Waals surface area contributed by atoms with Crippen molar-refractivity contribution in [2.45, 2.75) is 52.7 Å². The summed E-state index contributed by atoms with van der Waals surface area (Å²) in [6.45, 7) is 8.30. The fraction of sp³-hybridized carbons (Fsp3) is 0.667. The number of amides is 2. The van der Waals surface area contributed by atoms with Crippen LogP contribution in [0.2, 0.25) is 0 Å². The summed E-state index contributed by atoms with van der Waals surface area (Å²) >= 11 is 0. The summed E-state index contributed by atoms with van der Waals surface area (Å²) in [6.07, 6.45) is 3.98. The molecule has 1 aliphatic heterocycles. The van der Waals surface area contributed by atoms with Gasteiger partial charge in [-0.1, -0.05) is 20.8 Å². The zero-order valence-corrected chi connectivity index (χ0v) is 13.4. The van der Waals surface area contributed by atoms with Gasteiger partial charge in [0, 0.05) is 37.8 Å². The largest absolute Gasteiger partial charge is 0.344 e. The van der Waals surface area contributed by atoms with Crippen LogP contribution in [0.3, 0.4) is 0 Å². The number of rotatable bonds is 2. The highest BCUT2D eigenvalue weighted by molar-refractivity contribution is 5.91. The lowest BCUT2D eigenvalue weighted by molar-refractivity contribution is -0.138. The van der Waals surface area contributed by atoms with Crippen molar-refractivity contribution in [3.63, 3.8) is 0 Å². The summed E-state index contributed by atoms with van der Waals surface area (Å²) in [5.41, 5.74) is 0.656. The maximum absolute atomic E-state index is 12.8. The van der Waals surface area contributed by atoms with Gasteiger partial charge in [-0.3, -0.25) is 14.3 Å². The second-order valence-electron chi connectivity index (χ2n) is 6.91. The SMILES string of the molecule is CC1CC(=O)NC(C(C)(C)C)C(=O)N1Cc1cnn(C)c1. The molecule has 6 nitrogen and oxygen atoms in total. The molecule has 0 radical (unpaired) electrons. The first kappa shape index (κ1) is 15.5. The summed E-state index contributed by atoms with van der Waals surface area (Å²) in [7, 11) is 1.85. The van der Waals surface area contributed by atoms with Gasteiger partial charge >= 0.3 is 0 Å². The highest BCUT2D eigenvalue weighted by Gasteiger charge is 2.40. The van der Waals surface area contributed by atoms with Crippen LogP contribution in [0.25, 0.3) is 0 Å². The fourth-order valence-corrected chi connectivity index (χ4v) is 2.61. The average molecular weight is 292 g/mol. The third-order valence-corrected chi connectivity index (χ3v) is 3.83. The minimum atomic E-state index is -0.494. The number of carbonyl (C=O) groups is 2. The van der Waals surface area contributed by atoms with Crippen molar-refractivity contribution in [2.75, 3.05) is 0 Å². The average Bonchev–Trinajstić information content (AvgIpc) is 2.71. The molecule has 1 N–H and O–H groups in total. The molecule has 0 aromatic carbocycles. The van der Waals surface area contributed by atoms with Gasteiger partial charge in [-0.2, -0.15) is 5.10 Å². The van der Waals surface area contributed by atoms with E-state index in [4.69, 9.17) is 0 Å². The molecule has 116 valence electrons. The quantitative estimate of drug-likeness (QED) is 0.886. The van der Waals surface area contributed by atoms with E-state index >= 15 is 0 Å². The minimum absolute atomic E-state index is 0.0234. The summed E-state index contributed by atoms with van der Waals surface area (Å²) < 4.78 is 1.72. The van der Waals surface area contributed by atoms with Gasteiger partial charge in [-0.05, 0) is 12.3 Å². The summed E-state index contributed by atoms with van der Waals surface area (Å²) in [5, 5.41) is 7.00. The molecule has 1 fully saturated rings. The van der Waals surface area contributed by atoms with Crippen molar-refractivity contribution >= 4 is 11.8 Å². The number of aromatic nitrogens is 2. The molecule has 1 saturated heterocycles. The maximum Gasteiger partial charge on any atom is 0.246 e. The second-order valence-corrected chi connectivity index (χ2v) is 6.91. The van der Waals surface area contributed by atoms with Crippen molar-refractivity contribution in [1.29, 1.82) is 0 Å². The summed E-state index contributed by atoms with van der Waals surface area (Å²) in [5.74, 6) is -0.0887. The van der Waals surface area contributed by atoms with E-state index in [2.05, 4.69) is 10.4 Å². The van der Waals surface area contributed by atoms with Crippen LogP contribution in [0.1, 0.15) is 39.7 Å². The Bertz CT molecular complexity index is 544. The van der Waals surface area contributed by atoms with Gasteiger partial charge in [0.05, 0.1) is 6.20 Å². The van der Waals surface area contributed by atoms with E-state index in [0.717, 1.165) is 5.56 Å². The molecule has 1 aliphatic rings. The van der Waals surface area contributed by atoms with Crippen LogP contribution >= 0.6 is 0 Å². The number of nitrogens with zero attached hydrogens (tertiary/aromatic N) is 3. The molecule has 0 bridgehead atoms. The number of hydrogen-bond donors (Lipinski definition) is 1. The van der Waals surface area contributed by atoms with Crippen LogP contribution < -0.4 is 5.32 Å². The Morgan fingerprint density at radius 2 is 2.05 bits per heavy atom. The first-order chi connectivity index (χ1) is 9.68. The third-order valence-electron chi connectivity index (χ3n) is 3.83. The first-order valence-corrected chi connectivity index (χ1v) is 7.26. The van der Waals surface area contributed by atoms with E-state index in [1.54, 1.807) is 15.8 Å². The Morgan fingerprint density at radius 3 is 2.57 bits per heavy atom. The second kappa shape index (κ2) is 5.50. The van der Waals surface area contributed by atoms with Crippen molar-refractivity contribution in [1.82, 2.24) is 20.0 Å². The Morgan fingerprint density at radius 1 is 1.38 bits per heavy atom. The Kier molecular flexibility index (Phi) is 4.07. The Balaban J connectivity index is 2.28. The van der Waals surface area contributed by atoms with E-state index in [9.17, 15) is 9.59 Å². The molecule has 1 aromatic rings. The summed E-state index contributed by atoms with van der Waals surface area (Å²) in [6, 6.07) is -0.614. The van der Waals surface area contributed by atoms with Crippen LogP contribution in [0.15, 0.2) is 12.4 Å². The zero-order chi connectivity index (χ0) is 15.8. The molecule has 2 rings (SSSR count). The van der Waals surface area contributed by atoms with Crippen LogP contribution in [-0.4, -0.2) is 38.6 Å². The highest BCUT2D eigenvalue weighted by atomic mass is 16.2. The minimum Gasteiger partial charge on any atom is -0.344 e. The molecule has 2 atom stereocenters. The topological polar surface area (TPSA) is 67.2 Å². The maximum atomic E-state index is 12.8. The number of hydrogen-bond acceptors (Lipinski definition) is 3. The Hall–Kier alpha value is -1.85. The molecule has 2 amide bonds. The molecular formula is C15H24N4O2. The standard InChI is InChI=1S/C15H24N4O2/c1-10-6-12(20)17-13(15(2,3)4)14(21)19(10)9-11-7-16-18(5)8-11/h7-8,10,13H,6,9H2,1-5H3,(H,17,20).